The number of fused-ring (bicyclic) bond motifs is 2. The van der Waals surface area contributed by atoms with Crippen LogP contribution in [0.2, 0.25) is 0 Å². The van der Waals surface area contributed by atoms with Crippen LogP contribution >= 0.6 is 11.3 Å². The summed E-state index contributed by atoms with van der Waals surface area (Å²) in [5, 5.41) is 11.9. The third-order valence-corrected chi connectivity index (χ3v) is 7.63. The van der Waals surface area contributed by atoms with Gasteiger partial charge in [-0.2, -0.15) is 0 Å². The molecule has 2 aliphatic rings. The van der Waals surface area contributed by atoms with Crippen molar-refractivity contribution in [2.75, 3.05) is 31.3 Å². The van der Waals surface area contributed by atoms with E-state index in [9.17, 15) is 14.7 Å². The number of ether oxygens (including phenoxy) is 4. The first-order chi connectivity index (χ1) is 19.5. The van der Waals surface area contributed by atoms with E-state index >= 15 is 0 Å². The van der Waals surface area contributed by atoms with Crippen molar-refractivity contribution in [3.8, 4) is 23.0 Å². The van der Waals surface area contributed by atoms with Crippen LogP contribution in [0.3, 0.4) is 0 Å². The van der Waals surface area contributed by atoms with Gasteiger partial charge in [-0.25, -0.2) is 4.98 Å². The van der Waals surface area contributed by atoms with Crippen molar-refractivity contribution in [3.63, 3.8) is 0 Å². The molecule has 3 heterocycles. The number of aliphatic hydroxyl groups is 1. The molecule has 0 unspecified atom stereocenters. The highest BCUT2D eigenvalue weighted by atomic mass is 32.1. The molecule has 1 aromatic heterocycles. The van der Waals surface area contributed by atoms with Crippen LogP contribution in [-0.4, -0.2) is 48.2 Å². The van der Waals surface area contributed by atoms with Crippen LogP contribution in [0, 0.1) is 0 Å². The monoisotopic (exact) mass is 558 g/mol. The molecule has 1 fully saturated rings. The quantitative estimate of drug-likeness (QED) is 0.180. The second-order valence-electron chi connectivity index (χ2n) is 9.09. The van der Waals surface area contributed by atoms with Gasteiger partial charge in [0.1, 0.15) is 30.5 Å². The Balaban J connectivity index is 1.51. The molecule has 9 nitrogen and oxygen atoms in total. The molecule has 0 spiro atoms. The third kappa shape index (κ3) is 4.50. The molecule has 0 radical (unpaired) electrons. The first-order valence-electron chi connectivity index (χ1n) is 13.0. The van der Waals surface area contributed by atoms with Gasteiger partial charge in [-0.3, -0.25) is 14.5 Å². The van der Waals surface area contributed by atoms with Crippen molar-refractivity contribution >= 4 is 44.1 Å². The van der Waals surface area contributed by atoms with Crippen LogP contribution < -0.4 is 23.8 Å². The molecule has 204 valence electrons. The highest BCUT2D eigenvalue weighted by molar-refractivity contribution is 7.22. The molecule has 6 rings (SSSR count). The molecule has 0 saturated carbocycles. The van der Waals surface area contributed by atoms with E-state index in [0.717, 1.165) is 4.70 Å². The average molecular weight is 559 g/mol. The molecule has 0 aliphatic carbocycles. The van der Waals surface area contributed by atoms with Gasteiger partial charge in [0.15, 0.2) is 16.6 Å². The molecule has 1 N–H and O–H groups in total. The second kappa shape index (κ2) is 10.5. The zero-order valence-corrected chi connectivity index (χ0v) is 22.7. The summed E-state index contributed by atoms with van der Waals surface area (Å²) in [7, 11) is 0. The number of aromatic nitrogens is 1. The molecule has 4 aromatic rings. The van der Waals surface area contributed by atoms with Gasteiger partial charge in [-0.15, -0.1) is 0 Å². The van der Waals surface area contributed by atoms with Gasteiger partial charge in [0, 0.05) is 5.56 Å². The highest BCUT2D eigenvalue weighted by Gasteiger charge is 2.48. The van der Waals surface area contributed by atoms with Crippen LogP contribution in [0.15, 0.2) is 66.2 Å². The topological polar surface area (TPSA) is 107 Å². The number of amides is 1. The lowest BCUT2D eigenvalue weighted by Crippen LogP contribution is -2.29. The Morgan fingerprint density at radius 2 is 1.73 bits per heavy atom. The standard InChI is InChI=1S/C30H26N2O7S/c1-3-36-19-7-5-6-17(14-19)26-25(27(33)18-8-11-22-23(15-18)39-13-12-38-22)28(34)29(35)32(26)30-31-21-10-9-20(37-4-2)16-24(21)40-30/h5-11,14-16,26,33H,3-4,12-13H2,1-2H3/t26-/m1/s1. The fourth-order valence-corrected chi connectivity index (χ4v) is 5.91. The average Bonchev–Trinajstić information content (AvgIpc) is 3.50. The number of thiazole rings is 1. The summed E-state index contributed by atoms with van der Waals surface area (Å²) in [6, 6.07) is 16.6. The Morgan fingerprint density at radius 3 is 2.50 bits per heavy atom. The van der Waals surface area contributed by atoms with E-state index < -0.39 is 17.7 Å². The maximum atomic E-state index is 13.6. The van der Waals surface area contributed by atoms with Crippen molar-refractivity contribution in [2.24, 2.45) is 0 Å². The van der Waals surface area contributed by atoms with E-state index in [2.05, 4.69) is 4.98 Å². The second-order valence-corrected chi connectivity index (χ2v) is 10.1. The largest absolute Gasteiger partial charge is 0.507 e. The minimum atomic E-state index is -0.944. The zero-order chi connectivity index (χ0) is 27.8. The van der Waals surface area contributed by atoms with E-state index in [1.807, 2.05) is 32.0 Å². The smallest absolute Gasteiger partial charge is 0.301 e. The van der Waals surface area contributed by atoms with Crippen LogP contribution in [-0.2, 0) is 9.59 Å². The minimum Gasteiger partial charge on any atom is -0.507 e. The molecule has 1 atom stereocenters. The Hall–Kier alpha value is -4.57. The Morgan fingerprint density at radius 1 is 0.975 bits per heavy atom. The lowest BCUT2D eigenvalue weighted by atomic mass is 9.95. The molecule has 3 aromatic carbocycles. The first-order valence-corrected chi connectivity index (χ1v) is 13.8. The summed E-state index contributed by atoms with van der Waals surface area (Å²) in [6.07, 6.45) is 0. The number of ketones is 1. The number of anilines is 1. The summed E-state index contributed by atoms with van der Waals surface area (Å²) >= 11 is 1.27. The van der Waals surface area contributed by atoms with E-state index in [1.165, 1.54) is 16.2 Å². The number of carbonyl (C=O) groups is 2. The predicted molar refractivity (Wildman–Crippen MR) is 151 cm³/mol. The number of rotatable bonds is 7. The van der Waals surface area contributed by atoms with E-state index in [0.29, 0.717) is 71.2 Å². The van der Waals surface area contributed by atoms with E-state index in [4.69, 9.17) is 18.9 Å². The Labute approximate surface area is 234 Å². The van der Waals surface area contributed by atoms with Gasteiger partial charge in [0.05, 0.1) is 35.0 Å². The van der Waals surface area contributed by atoms with Crippen LogP contribution in [0.4, 0.5) is 5.13 Å². The molecular weight excluding hydrogens is 532 g/mol. The summed E-state index contributed by atoms with van der Waals surface area (Å²) < 4.78 is 23.4. The molecule has 40 heavy (non-hydrogen) atoms. The number of hydrogen-bond donors (Lipinski definition) is 1. The molecule has 0 bridgehead atoms. The number of hydrogen-bond acceptors (Lipinski definition) is 9. The van der Waals surface area contributed by atoms with Gasteiger partial charge in [0.25, 0.3) is 5.78 Å². The van der Waals surface area contributed by atoms with Crippen molar-refractivity contribution in [1.29, 1.82) is 0 Å². The number of benzene rings is 3. The van der Waals surface area contributed by atoms with Gasteiger partial charge in [-0.05, 0) is 67.9 Å². The molecule has 1 amide bonds. The van der Waals surface area contributed by atoms with Crippen molar-refractivity contribution in [2.45, 2.75) is 19.9 Å². The van der Waals surface area contributed by atoms with Crippen LogP contribution in [0.1, 0.15) is 31.0 Å². The van der Waals surface area contributed by atoms with Crippen molar-refractivity contribution in [1.82, 2.24) is 4.98 Å². The maximum Gasteiger partial charge on any atom is 0.301 e. The van der Waals surface area contributed by atoms with Crippen molar-refractivity contribution < 1.29 is 33.6 Å². The lowest BCUT2D eigenvalue weighted by molar-refractivity contribution is -0.132. The number of nitrogens with zero attached hydrogens (tertiary/aromatic N) is 2. The van der Waals surface area contributed by atoms with Gasteiger partial charge < -0.3 is 24.1 Å². The fraction of sp³-hybridized carbons (Fsp3) is 0.233. The minimum absolute atomic E-state index is 0.0513. The SMILES string of the molecule is CCOc1cccc([C@@H]2C(=C(O)c3ccc4c(c3)OCCO4)C(=O)C(=O)N2c2nc3ccc(OCC)cc3s2)c1. The summed E-state index contributed by atoms with van der Waals surface area (Å²) in [6.45, 7) is 5.53. The highest BCUT2D eigenvalue weighted by Crippen LogP contribution is 2.46. The van der Waals surface area contributed by atoms with Crippen molar-refractivity contribution in [3.05, 3.63) is 77.4 Å². The molecular formula is C30H26N2O7S. The molecule has 2 aliphatic heterocycles. The summed E-state index contributed by atoms with van der Waals surface area (Å²) in [5.74, 6) is 0.357. The number of aliphatic hydroxyl groups excluding tert-OH is 1. The summed E-state index contributed by atoms with van der Waals surface area (Å²) in [4.78, 5) is 33.3. The Kier molecular flexibility index (Phi) is 6.77. The van der Waals surface area contributed by atoms with Gasteiger partial charge in [0.2, 0.25) is 0 Å². The first kappa shape index (κ1) is 25.7. The van der Waals surface area contributed by atoms with Gasteiger partial charge in [-0.1, -0.05) is 23.5 Å². The van der Waals surface area contributed by atoms with Gasteiger partial charge >= 0.3 is 5.91 Å². The number of carbonyl (C=O) groups excluding carboxylic acids is 2. The molecule has 1 saturated heterocycles. The zero-order valence-electron chi connectivity index (χ0n) is 21.9. The maximum absolute atomic E-state index is 13.6. The third-order valence-electron chi connectivity index (χ3n) is 6.61. The molecule has 10 heteroatoms. The lowest BCUT2D eigenvalue weighted by Gasteiger charge is -2.23. The van der Waals surface area contributed by atoms with E-state index in [1.54, 1.807) is 42.5 Å². The summed E-state index contributed by atoms with van der Waals surface area (Å²) in [5.41, 5.74) is 1.54. The van der Waals surface area contributed by atoms with Crippen LogP contribution in [0.25, 0.3) is 16.0 Å². The normalized spacial score (nSPS) is 17.9. The predicted octanol–water partition coefficient (Wildman–Crippen LogP) is 5.49. The Bertz CT molecular complexity index is 1660. The van der Waals surface area contributed by atoms with E-state index in [-0.39, 0.29) is 11.3 Å². The fourth-order valence-electron chi connectivity index (χ4n) is 4.88. The van der Waals surface area contributed by atoms with Crippen LogP contribution in [0.5, 0.6) is 23.0 Å². The number of Topliss-reactive ketones (excluding diaryl/α,β-unsaturated/α-hetero) is 1.